The van der Waals surface area contributed by atoms with Crippen molar-refractivity contribution in [2.24, 2.45) is 5.73 Å². The van der Waals surface area contributed by atoms with Crippen LogP contribution in [0.3, 0.4) is 0 Å². The summed E-state index contributed by atoms with van der Waals surface area (Å²) in [7, 11) is -3.49. The number of aromatic nitrogens is 1. The van der Waals surface area contributed by atoms with Gasteiger partial charge in [-0.1, -0.05) is 29.8 Å². The summed E-state index contributed by atoms with van der Waals surface area (Å²) in [5.41, 5.74) is 8.19. The molecular formula is C13H17N3O2S. The first-order chi connectivity index (χ1) is 9.01. The van der Waals surface area contributed by atoms with E-state index in [4.69, 9.17) is 5.73 Å². The summed E-state index contributed by atoms with van der Waals surface area (Å²) in [5, 5.41) is 0. The molecule has 0 aliphatic carbocycles. The van der Waals surface area contributed by atoms with E-state index in [0.29, 0.717) is 5.69 Å². The number of sulfonamides is 1. The van der Waals surface area contributed by atoms with E-state index in [-0.39, 0.29) is 18.0 Å². The molecule has 0 bridgehead atoms. The molecule has 2 rings (SSSR count). The minimum atomic E-state index is -3.49. The fraction of sp³-hybridized carbons (Fsp3) is 0.231. The maximum atomic E-state index is 12.0. The minimum Gasteiger partial charge on any atom is -0.363 e. The number of benzene rings is 1. The molecule has 0 spiro atoms. The number of hydrogen-bond acceptors (Lipinski definition) is 3. The smallest absolute Gasteiger partial charge is 0.242 e. The Balaban J connectivity index is 2.07. The molecular weight excluding hydrogens is 262 g/mol. The van der Waals surface area contributed by atoms with Gasteiger partial charge in [-0.15, -0.1) is 0 Å². The lowest BCUT2D eigenvalue weighted by atomic mass is 10.2. The Labute approximate surface area is 112 Å². The van der Waals surface area contributed by atoms with Crippen LogP contribution in [0.25, 0.3) is 0 Å². The van der Waals surface area contributed by atoms with E-state index in [0.717, 1.165) is 11.1 Å². The van der Waals surface area contributed by atoms with Gasteiger partial charge in [-0.3, -0.25) is 0 Å². The summed E-state index contributed by atoms with van der Waals surface area (Å²) in [4.78, 5) is 3.03. The van der Waals surface area contributed by atoms with Crippen molar-refractivity contribution in [3.05, 3.63) is 53.3 Å². The lowest BCUT2D eigenvalue weighted by Gasteiger charge is -2.05. The molecule has 0 amide bonds. The van der Waals surface area contributed by atoms with E-state index in [9.17, 15) is 8.42 Å². The van der Waals surface area contributed by atoms with Crippen molar-refractivity contribution < 1.29 is 8.42 Å². The molecule has 0 saturated carbocycles. The Kier molecular flexibility index (Phi) is 4.04. The second-order valence-corrected chi connectivity index (χ2v) is 6.14. The van der Waals surface area contributed by atoms with Crippen LogP contribution in [0.4, 0.5) is 0 Å². The van der Waals surface area contributed by atoms with Crippen molar-refractivity contribution in [2.45, 2.75) is 24.9 Å². The van der Waals surface area contributed by atoms with Gasteiger partial charge in [0.2, 0.25) is 10.0 Å². The Bertz CT molecular complexity index is 645. The number of hydrogen-bond donors (Lipinski definition) is 3. The highest BCUT2D eigenvalue weighted by atomic mass is 32.2. The van der Waals surface area contributed by atoms with Crippen LogP contribution in [0.2, 0.25) is 0 Å². The molecule has 0 atom stereocenters. The molecule has 0 saturated heterocycles. The van der Waals surface area contributed by atoms with Crippen molar-refractivity contribution in [3.63, 3.8) is 0 Å². The molecule has 0 unspecified atom stereocenters. The molecule has 0 radical (unpaired) electrons. The third-order valence-electron chi connectivity index (χ3n) is 2.83. The summed E-state index contributed by atoms with van der Waals surface area (Å²) in [6.07, 6.45) is 1.44. The zero-order chi connectivity index (χ0) is 13.9. The SMILES string of the molecule is Cc1ccc(CNS(=O)(=O)c2c[nH]c(CN)c2)cc1. The normalized spacial score (nSPS) is 11.7. The van der Waals surface area contributed by atoms with Gasteiger partial charge in [0.05, 0.1) is 4.90 Å². The third kappa shape index (κ3) is 3.44. The summed E-state index contributed by atoms with van der Waals surface area (Å²) in [6.45, 7) is 2.54. The first-order valence-corrected chi connectivity index (χ1v) is 7.42. The maximum Gasteiger partial charge on any atom is 0.242 e. The van der Waals surface area contributed by atoms with Crippen molar-refractivity contribution in [3.8, 4) is 0 Å². The van der Waals surface area contributed by atoms with Crippen LogP contribution < -0.4 is 10.5 Å². The van der Waals surface area contributed by atoms with Crippen molar-refractivity contribution in [2.75, 3.05) is 0 Å². The van der Waals surface area contributed by atoms with Crippen LogP contribution >= 0.6 is 0 Å². The minimum absolute atomic E-state index is 0.208. The van der Waals surface area contributed by atoms with E-state index < -0.39 is 10.0 Å². The molecule has 1 heterocycles. The summed E-state index contributed by atoms with van der Waals surface area (Å²) >= 11 is 0. The van der Waals surface area contributed by atoms with Crippen LogP contribution in [0.1, 0.15) is 16.8 Å². The molecule has 0 aliphatic heterocycles. The molecule has 1 aromatic heterocycles. The van der Waals surface area contributed by atoms with E-state index in [1.807, 2.05) is 31.2 Å². The second kappa shape index (κ2) is 5.56. The molecule has 2 aromatic rings. The predicted molar refractivity (Wildman–Crippen MR) is 73.9 cm³/mol. The summed E-state index contributed by atoms with van der Waals surface area (Å²) in [6, 6.07) is 9.25. The average Bonchev–Trinajstić information content (AvgIpc) is 2.88. The van der Waals surface area contributed by atoms with Crippen LogP contribution in [0.15, 0.2) is 41.4 Å². The average molecular weight is 279 g/mol. The van der Waals surface area contributed by atoms with Crippen LogP contribution in [0, 0.1) is 6.92 Å². The van der Waals surface area contributed by atoms with Gasteiger partial charge in [-0.25, -0.2) is 13.1 Å². The summed E-state index contributed by atoms with van der Waals surface area (Å²) < 4.78 is 26.6. The first-order valence-electron chi connectivity index (χ1n) is 5.94. The second-order valence-electron chi connectivity index (χ2n) is 4.37. The largest absolute Gasteiger partial charge is 0.363 e. The number of aromatic amines is 1. The van der Waals surface area contributed by atoms with Crippen LogP contribution in [-0.2, 0) is 23.1 Å². The highest BCUT2D eigenvalue weighted by Gasteiger charge is 2.15. The molecule has 6 heteroatoms. The topological polar surface area (TPSA) is 88.0 Å². The van der Waals surface area contributed by atoms with E-state index in [1.54, 1.807) is 0 Å². The zero-order valence-corrected chi connectivity index (χ0v) is 11.5. The van der Waals surface area contributed by atoms with E-state index in [2.05, 4.69) is 9.71 Å². The maximum absolute atomic E-state index is 12.0. The number of nitrogens with two attached hydrogens (primary N) is 1. The molecule has 0 fully saturated rings. The Morgan fingerprint density at radius 2 is 1.95 bits per heavy atom. The summed E-state index contributed by atoms with van der Waals surface area (Å²) in [5.74, 6) is 0. The Hall–Kier alpha value is -1.63. The molecule has 4 N–H and O–H groups in total. The number of nitrogens with one attached hydrogen (secondary N) is 2. The van der Waals surface area contributed by atoms with Gasteiger partial charge in [0.25, 0.3) is 0 Å². The number of H-pyrrole nitrogens is 1. The van der Waals surface area contributed by atoms with Crippen molar-refractivity contribution >= 4 is 10.0 Å². The fourth-order valence-corrected chi connectivity index (χ4v) is 2.69. The third-order valence-corrected chi connectivity index (χ3v) is 4.21. The van der Waals surface area contributed by atoms with Gasteiger partial charge in [-0.2, -0.15) is 0 Å². The van der Waals surface area contributed by atoms with Gasteiger partial charge >= 0.3 is 0 Å². The standard InChI is InChI=1S/C13H17N3O2S/c1-10-2-4-11(5-3-10)8-16-19(17,18)13-6-12(7-14)15-9-13/h2-6,9,15-16H,7-8,14H2,1H3. The lowest BCUT2D eigenvalue weighted by molar-refractivity contribution is 0.581. The number of rotatable bonds is 5. The quantitative estimate of drug-likeness (QED) is 0.770. The van der Waals surface area contributed by atoms with Gasteiger partial charge in [0, 0.05) is 25.0 Å². The zero-order valence-electron chi connectivity index (χ0n) is 10.7. The molecule has 1 aromatic carbocycles. The highest BCUT2D eigenvalue weighted by molar-refractivity contribution is 7.89. The first kappa shape index (κ1) is 13.8. The van der Waals surface area contributed by atoms with Crippen molar-refractivity contribution in [1.82, 2.24) is 9.71 Å². The van der Waals surface area contributed by atoms with Gasteiger partial charge in [0.15, 0.2) is 0 Å². The van der Waals surface area contributed by atoms with E-state index in [1.165, 1.54) is 12.3 Å². The lowest BCUT2D eigenvalue weighted by Crippen LogP contribution is -2.22. The van der Waals surface area contributed by atoms with Gasteiger partial charge < -0.3 is 10.7 Å². The van der Waals surface area contributed by atoms with Gasteiger partial charge in [0.1, 0.15) is 0 Å². The molecule has 5 nitrogen and oxygen atoms in total. The Morgan fingerprint density at radius 3 is 2.53 bits per heavy atom. The predicted octanol–water partition coefficient (Wildman–Crippen LogP) is 1.26. The molecule has 102 valence electrons. The Morgan fingerprint density at radius 1 is 1.26 bits per heavy atom. The van der Waals surface area contributed by atoms with E-state index >= 15 is 0 Å². The monoisotopic (exact) mass is 279 g/mol. The van der Waals surface area contributed by atoms with Crippen LogP contribution in [-0.4, -0.2) is 13.4 Å². The fourth-order valence-electron chi connectivity index (χ4n) is 1.66. The number of aryl methyl sites for hydroxylation is 1. The van der Waals surface area contributed by atoms with Crippen LogP contribution in [0.5, 0.6) is 0 Å². The molecule has 0 aliphatic rings. The molecule has 19 heavy (non-hydrogen) atoms. The van der Waals surface area contributed by atoms with Crippen molar-refractivity contribution in [1.29, 1.82) is 0 Å². The highest BCUT2D eigenvalue weighted by Crippen LogP contribution is 2.11. The van der Waals surface area contributed by atoms with Gasteiger partial charge in [-0.05, 0) is 18.6 Å².